The predicted octanol–water partition coefficient (Wildman–Crippen LogP) is 2.39. The summed E-state index contributed by atoms with van der Waals surface area (Å²) in [6.45, 7) is 1.79. The minimum atomic E-state index is -3.76. The van der Waals surface area contributed by atoms with Gasteiger partial charge in [0.25, 0.3) is 0 Å². The maximum absolute atomic E-state index is 12.4. The van der Waals surface area contributed by atoms with E-state index in [1.807, 2.05) is 30.3 Å². The lowest BCUT2D eigenvalue weighted by molar-refractivity contribution is 0.546. The highest BCUT2D eigenvalue weighted by Gasteiger charge is 2.19. The second-order valence-electron chi connectivity index (χ2n) is 5.79. The van der Waals surface area contributed by atoms with E-state index in [0.29, 0.717) is 6.42 Å². The Bertz CT molecular complexity index is 891. The fourth-order valence-corrected chi connectivity index (χ4v) is 4.36. The molecule has 0 fully saturated rings. The van der Waals surface area contributed by atoms with Crippen molar-refractivity contribution in [1.82, 2.24) is 4.72 Å². The molecule has 1 N–H and O–H groups in total. The van der Waals surface area contributed by atoms with Crippen molar-refractivity contribution in [2.45, 2.75) is 35.6 Å². The number of hydrogen-bond acceptors (Lipinski definition) is 4. The molecule has 24 heavy (non-hydrogen) atoms. The van der Waals surface area contributed by atoms with Gasteiger partial charge in [0, 0.05) is 12.3 Å². The molecule has 0 saturated carbocycles. The molecule has 1 unspecified atom stereocenters. The van der Waals surface area contributed by atoms with Crippen molar-refractivity contribution in [2.75, 3.05) is 6.26 Å². The van der Waals surface area contributed by atoms with Crippen LogP contribution in [0.5, 0.6) is 0 Å². The molecule has 0 aliphatic heterocycles. The van der Waals surface area contributed by atoms with Crippen LogP contribution >= 0.6 is 0 Å². The van der Waals surface area contributed by atoms with Crippen LogP contribution in [0.1, 0.15) is 18.9 Å². The molecule has 0 aromatic heterocycles. The monoisotopic (exact) mass is 367 g/mol. The standard InChI is InChI=1S/C17H21NO4S2/c1-14(11-12-15-7-4-3-5-8-15)18-24(21,22)17-10-6-9-16(13-17)23(2,19)20/h3-10,13-14,18H,11-12H2,1-2H3. The van der Waals surface area contributed by atoms with Crippen molar-refractivity contribution < 1.29 is 16.8 Å². The zero-order chi connectivity index (χ0) is 17.8. The van der Waals surface area contributed by atoms with Gasteiger partial charge in [0.15, 0.2) is 9.84 Å². The molecule has 5 nitrogen and oxygen atoms in total. The Kier molecular flexibility index (Phi) is 5.79. The van der Waals surface area contributed by atoms with Crippen LogP contribution in [-0.2, 0) is 26.3 Å². The molecule has 1 atom stereocenters. The van der Waals surface area contributed by atoms with Gasteiger partial charge in [-0.2, -0.15) is 0 Å². The van der Waals surface area contributed by atoms with E-state index in [1.54, 1.807) is 6.92 Å². The molecule has 0 bridgehead atoms. The molecule has 2 aromatic rings. The lowest BCUT2D eigenvalue weighted by Gasteiger charge is -2.14. The van der Waals surface area contributed by atoms with Gasteiger partial charge in [-0.1, -0.05) is 36.4 Å². The first-order valence-electron chi connectivity index (χ1n) is 7.55. The summed E-state index contributed by atoms with van der Waals surface area (Å²) in [7, 11) is -7.21. The van der Waals surface area contributed by atoms with Crippen LogP contribution in [0, 0.1) is 0 Å². The Morgan fingerprint density at radius 1 is 0.917 bits per heavy atom. The molecule has 0 heterocycles. The van der Waals surface area contributed by atoms with Gasteiger partial charge in [0.1, 0.15) is 0 Å². The van der Waals surface area contributed by atoms with Gasteiger partial charge in [-0.25, -0.2) is 21.6 Å². The quantitative estimate of drug-likeness (QED) is 0.815. The molecule has 7 heteroatoms. The van der Waals surface area contributed by atoms with Gasteiger partial charge >= 0.3 is 0 Å². The fraction of sp³-hybridized carbons (Fsp3) is 0.294. The van der Waals surface area contributed by atoms with Crippen molar-refractivity contribution in [2.24, 2.45) is 0 Å². The molecule has 0 aliphatic carbocycles. The molecule has 0 aliphatic rings. The molecule has 130 valence electrons. The van der Waals surface area contributed by atoms with E-state index >= 15 is 0 Å². The maximum Gasteiger partial charge on any atom is 0.240 e. The van der Waals surface area contributed by atoms with Crippen LogP contribution in [0.2, 0.25) is 0 Å². The summed E-state index contributed by atoms with van der Waals surface area (Å²) in [6.07, 6.45) is 2.46. The number of benzene rings is 2. The van der Waals surface area contributed by atoms with Gasteiger partial charge in [0.2, 0.25) is 10.0 Å². The average molecular weight is 367 g/mol. The van der Waals surface area contributed by atoms with Crippen molar-refractivity contribution >= 4 is 19.9 Å². The van der Waals surface area contributed by atoms with Crippen molar-refractivity contribution in [1.29, 1.82) is 0 Å². The Morgan fingerprint density at radius 2 is 1.54 bits per heavy atom. The van der Waals surface area contributed by atoms with Gasteiger partial charge < -0.3 is 0 Å². The normalized spacial score (nSPS) is 13.6. The molecule has 2 aromatic carbocycles. The lowest BCUT2D eigenvalue weighted by atomic mass is 10.1. The number of aryl methyl sites for hydroxylation is 1. The summed E-state index contributed by atoms with van der Waals surface area (Å²) < 4.78 is 50.6. The second kappa shape index (κ2) is 7.46. The zero-order valence-electron chi connectivity index (χ0n) is 13.6. The number of nitrogens with one attached hydrogen (secondary N) is 1. The van der Waals surface area contributed by atoms with Gasteiger partial charge in [-0.05, 0) is 43.5 Å². The van der Waals surface area contributed by atoms with Crippen LogP contribution in [0.4, 0.5) is 0 Å². The highest BCUT2D eigenvalue weighted by molar-refractivity contribution is 7.91. The summed E-state index contributed by atoms with van der Waals surface area (Å²) in [5, 5.41) is 0. The average Bonchev–Trinajstić information content (AvgIpc) is 2.53. The first-order valence-corrected chi connectivity index (χ1v) is 10.9. The molecule has 0 radical (unpaired) electrons. The van der Waals surface area contributed by atoms with Crippen molar-refractivity contribution in [3.63, 3.8) is 0 Å². The van der Waals surface area contributed by atoms with Gasteiger partial charge in [0.05, 0.1) is 9.79 Å². The number of sulfone groups is 1. The second-order valence-corrected chi connectivity index (χ2v) is 9.52. The highest BCUT2D eigenvalue weighted by Crippen LogP contribution is 2.16. The minimum Gasteiger partial charge on any atom is -0.224 e. The molecular formula is C17H21NO4S2. The van der Waals surface area contributed by atoms with Crippen LogP contribution in [-0.4, -0.2) is 29.1 Å². The smallest absolute Gasteiger partial charge is 0.224 e. The summed E-state index contributed by atoms with van der Waals surface area (Å²) in [5.41, 5.74) is 1.14. The van der Waals surface area contributed by atoms with E-state index in [4.69, 9.17) is 0 Å². The lowest BCUT2D eigenvalue weighted by Crippen LogP contribution is -2.33. The number of sulfonamides is 1. The van der Waals surface area contributed by atoms with E-state index in [2.05, 4.69) is 4.72 Å². The number of rotatable bonds is 7. The summed E-state index contributed by atoms with van der Waals surface area (Å²) in [6, 6.07) is 14.9. The van der Waals surface area contributed by atoms with E-state index in [0.717, 1.165) is 18.2 Å². The zero-order valence-corrected chi connectivity index (χ0v) is 15.3. The van der Waals surface area contributed by atoms with Gasteiger partial charge in [-0.15, -0.1) is 0 Å². The SMILES string of the molecule is CC(CCc1ccccc1)NS(=O)(=O)c1cccc(S(C)(=O)=O)c1. The third-order valence-electron chi connectivity index (χ3n) is 3.61. The van der Waals surface area contributed by atoms with Crippen LogP contribution in [0.3, 0.4) is 0 Å². The predicted molar refractivity (Wildman–Crippen MR) is 94.1 cm³/mol. The Hall–Kier alpha value is -1.70. The first kappa shape index (κ1) is 18.6. The van der Waals surface area contributed by atoms with E-state index < -0.39 is 19.9 Å². The Morgan fingerprint density at radius 3 is 2.17 bits per heavy atom. The van der Waals surface area contributed by atoms with E-state index in [1.165, 1.54) is 24.3 Å². The molecule has 2 rings (SSSR count). The van der Waals surface area contributed by atoms with E-state index in [9.17, 15) is 16.8 Å². The molecule has 0 spiro atoms. The van der Waals surface area contributed by atoms with Gasteiger partial charge in [-0.3, -0.25) is 0 Å². The Labute approximate surface area is 143 Å². The molecular weight excluding hydrogens is 346 g/mol. The summed E-state index contributed by atoms with van der Waals surface area (Å²) >= 11 is 0. The summed E-state index contributed by atoms with van der Waals surface area (Å²) in [5.74, 6) is 0. The van der Waals surface area contributed by atoms with Crippen LogP contribution in [0.25, 0.3) is 0 Å². The molecule has 0 saturated heterocycles. The topological polar surface area (TPSA) is 80.3 Å². The third kappa shape index (κ3) is 5.15. The van der Waals surface area contributed by atoms with Crippen LogP contribution < -0.4 is 4.72 Å². The highest BCUT2D eigenvalue weighted by atomic mass is 32.2. The Balaban J connectivity index is 2.08. The van der Waals surface area contributed by atoms with Crippen molar-refractivity contribution in [3.05, 3.63) is 60.2 Å². The first-order chi connectivity index (χ1) is 11.2. The maximum atomic E-state index is 12.4. The molecule has 0 amide bonds. The summed E-state index contributed by atoms with van der Waals surface area (Å²) in [4.78, 5) is -0.0562. The number of hydrogen-bond donors (Lipinski definition) is 1. The largest absolute Gasteiger partial charge is 0.240 e. The van der Waals surface area contributed by atoms with Crippen LogP contribution in [0.15, 0.2) is 64.4 Å². The minimum absolute atomic E-state index is 0.0117. The third-order valence-corrected chi connectivity index (χ3v) is 6.31. The fourth-order valence-electron chi connectivity index (χ4n) is 2.29. The van der Waals surface area contributed by atoms with E-state index in [-0.39, 0.29) is 15.8 Å². The van der Waals surface area contributed by atoms with Crippen molar-refractivity contribution in [3.8, 4) is 0 Å².